The molecule has 15 heteroatoms. The van der Waals surface area contributed by atoms with E-state index in [1.165, 1.54) is 86.6 Å². The zero-order valence-corrected chi connectivity index (χ0v) is 32.6. The van der Waals surface area contributed by atoms with E-state index in [0.717, 1.165) is 31.2 Å². The average molecular weight is 869 g/mol. The summed E-state index contributed by atoms with van der Waals surface area (Å²) in [5, 5.41) is 0. The number of benzene rings is 6. The normalized spacial score (nSPS) is 12.7. The van der Waals surface area contributed by atoms with Gasteiger partial charge in [0.05, 0.1) is 11.1 Å². The van der Waals surface area contributed by atoms with Crippen LogP contribution in [0, 0.1) is 46.5 Å². The lowest BCUT2D eigenvalue weighted by Crippen LogP contribution is -2.40. The van der Waals surface area contributed by atoms with E-state index in [1.807, 2.05) is 0 Å². The number of alkyl halides is 3. The molecule has 0 aliphatic rings. The number of carbonyl (C=O) groups excluding carboxylic acids is 1. The van der Waals surface area contributed by atoms with E-state index in [4.69, 9.17) is 14.2 Å². The summed E-state index contributed by atoms with van der Waals surface area (Å²) in [6.45, 7) is 9.95. The molecule has 0 radical (unpaired) electrons. The van der Waals surface area contributed by atoms with E-state index < -0.39 is 97.9 Å². The Balaban J connectivity index is 1.14. The fraction of sp³-hybridized carbons (Fsp3) is 0.128. The van der Waals surface area contributed by atoms with Gasteiger partial charge in [-0.15, -0.1) is 0 Å². The fourth-order valence-corrected chi connectivity index (χ4v) is 6.43. The molecule has 0 amide bonds. The second-order valence-corrected chi connectivity index (χ2v) is 14.3. The van der Waals surface area contributed by atoms with Gasteiger partial charge in [0.2, 0.25) is 29.0 Å². The Morgan fingerprint density at radius 1 is 0.468 bits per heavy atom. The van der Waals surface area contributed by atoms with Crippen molar-refractivity contribution in [2.75, 3.05) is 0 Å². The molecule has 0 spiro atoms. The van der Waals surface area contributed by atoms with Crippen LogP contribution < -0.4 is 14.2 Å². The number of rotatable bonds is 13. The van der Waals surface area contributed by atoms with E-state index in [0.29, 0.717) is 17.7 Å². The lowest BCUT2D eigenvalue weighted by Gasteiger charge is -2.33. The monoisotopic (exact) mass is 868 g/mol. The second-order valence-electron chi connectivity index (χ2n) is 14.3. The van der Waals surface area contributed by atoms with Crippen LogP contribution in [0.2, 0.25) is 0 Å². The molecule has 320 valence electrons. The average Bonchev–Trinajstić information content (AvgIpc) is 3.25. The quantitative estimate of drug-likeness (QED) is 0.0659. The molecule has 0 saturated heterocycles. The third-order valence-electron chi connectivity index (χ3n) is 10.1. The molecule has 6 aromatic carbocycles. The van der Waals surface area contributed by atoms with Crippen molar-refractivity contribution in [1.29, 1.82) is 0 Å². The topological polar surface area (TPSA) is 44.8 Å². The molecule has 0 bridgehead atoms. The summed E-state index contributed by atoms with van der Waals surface area (Å²) < 4.78 is 176. The molecule has 0 heterocycles. The van der Waals surface area contributed by atoms with Crippen LogP contribution in [0.15, 0.2) is 110 Å². The predicted octanol–water partition coefficient (Wildman–Crippen LogP) is 14.1. The van der Waals surface area contributed by atoms with Crippen molar-refractivity contribution >= 4 is 17.9 Å². The first kappa shape index (κ1) is 44.6. The zero-order valence-electron chi connectivity index (χ0n) is 32.6. The summed E-state index contributed by atoms with van der Waals surface area (Å²) in [7, 11) is 0. The Kier molecular flexibility index (Phi) is 12.1. The highest BCUT2D eigenvalue weighted by atomic mass is 19.4. The van der Waals surface area contributed by atoms with Crippen LogP contribution in [0.3, 0.4) is 0 Å². The molecule has 0 aromatic heterocycles. The highest BCUT2D eigenvalue weighted by Gasteiger charge is 2.53. The second kappa shape index (κ2) is 16.9. The van der Waals surface area contributed by atoms with Gasteiger partial charge in [-0.3, -0.25) is 4.79 Å². The van der Waals surface area contributed by atoms with Gasteiger partial charge in [0.25, 0.3) is 0 Å². The number of halogens is 11. The van der Waals surface area contributed by atoms with Gasteiger partial charge < -0.3 is 14.2 Å². The SMILES string of the molecule is C=Cc1c(F)c(F)c(Oc2ccc(C(C)(c3ccc(Oc4ccc(C(=O)c5ccc(C(C)(C)Oc6c(F)c(F)c(C=C)c(F)c6F)cc5)cc4)cc3)C(F)(F)F)cc2)c(F)c1F. The third-order valence-corrected chi connectivity index (χ3v) is 10.1. The number of ketones is 1. The van der Waals surface area contributed by atoms with Crippen LogP contribution in [0.25, 0.3) is 12.2 Å². The molecule has 1 unspecified atom stereocenters. The summed E-state index contributed by atoms with van der Waals surface area (Å²) in [5.41, 5.74) is -6.04. The molecule has 62 heavy (non-hydrogen) atoms. The van der Waals surface area contributed by atoms with E-state index in [1.54, 1.807) is 0 Å². The Labute approximate surface area is 347 Å². The molecule has 6 aromatic rings. The van der Waals surface area contributed by atoms with Crippen LogP contribution in [0.4, 0.5) is 48.3 Å². The van der Waals surface area contributed by atoms with Crippen molar-refractivity contribution in [3.05, 3.63) is 196 Å². The summed E-state index contributed by atoms with van der Waals surface area (Å²) >= 11 is 0. The van der Waals surface area contributed by atoms with Crippen molar-refractivity contribution in [1.82, 2.24) is 0 Å². The maximum absolute atomic E-state index is 14.8. The molecule has 0 N–H and O–H groups in total. The largest absolute Gasteiger partial charge is 0.477 e. The lowest BCUT2D eigenvalue weighted by atomic mass is 9.75. The van der Waals surface area contributed by atoms with Gasteiger partial charge in [0, 0.05) is 11.1 Å². The number of hydrogen-bond acceptors (Lipinski definition) is 4. The summed E-state index contributed by atoms with van der Waals surface area (Å²) in [6, 6.07) is 20.3. The number of carbonyl (C=O) groups is 1. The van der Waals surface area contributed by atoms with Gasteiger partial charge in [0.15, 0.2) is 34.8 Å². The third kappa shape index (κ3) is 8.14. The zero-order chi connectivity index (χ0) is 45.5. The first-order chi connectivity index (χ1) is 29.1. The molecule has 0 aliphatic carbocycles. The van der Waals surface area contributed by atoms with Crippen molar-refractivity contribution in [2.45, 2.75) is 38.0 Å². The Hall–Kier alpha value is -6.90. The van der Waals surface area contributed by atoms with Gasteiger partial charge in [-0.2, -0.15) is 30.7 Å². The van der Waals surface area contributed by atoms with E-state index in [9.17, 15) is 53.1 Å². The van der Waals surface area contributed by atoms with Gasteiger partial charge in [0.1, 0.15) is 28.3 Å². The van der Waals surface area contributed by atoms with Crippen LogP contribution >= 0.6 is 0 Å². The standard InChI is InChI=1S/C47H31F11O4/c1-6-32-34(48)38(52)43(39(53)35(32)49)61-31-22-16-28(17-23-31)46(5,47(56,57)58)27-14-20-30(21-15-27)60-29-18-10-25(11-19-29)42(59)24-8-12-26(13-9-24)45(3,4)62-44-40(54)36(50)33(7-2)37(51)41(44)55/h6-23H,1-2H2,3-5H3. The van der Waals surface area contributed by atoms with Crippen LogP contribution in [-0.2, 0) is 11.0 Å². The van der Waals surface area contributed by atoms with E-state index >= 15 is 0 Å². The lowest BCUT2D eigenvalue weighted by molar-refractivity contribution is -0.173. The molecule has 0 aliphatic heterocycles. The van der Waals surface area contributed by atoms with Crippen LogP contribution in [-0.4, -0.2) is 12.0 Å². The van der Waals surface area contributed by atoms with Crippen molar-refractivity contribution in [3.63, 3.8) is 0 Å². The summed E-state index contributed by atoms with van der Waals surface area (Å²) in [6.07, 6.45) is -3.68. The maximum Gasteiger partial charge on any atom is 0.402 e. The van der Waals surface area contributed by atoms with Gasteiger partial charge in [-0.25, -0.2) is 17.6 Å². The highest BCUT2D eigenvalue weighted by molar-refractivity contribution is 6.09. The van der Waals surface area contributed by atoms with Crippen molar-refractivity contribution in [2.24, 2.45) is 0 Å². The molecular weight excluding hydrogens is 837 g/mol. The molecule has 4 nitrogen and oxygen atoms in total. The number of ether oxygens (including phenoxy) is 3. The minimum absolute atomic E-state index is 0.134. The van der Waals surface area contributed by atoms with E-state index in [-0.39, 0.29) is 33.8 Å². The smallest absolute Gasteiger partial charge is 0.402 e. The van der Waals surface area contributed by atoms with Crippen molar-refractivity contribution < 1.29 is 67.3 Å². The summed E-state index contributed by atoms with van der Waals surface area (Å²) in [5.74, 6) is -17.3. The van der Waals surface area contributed by atoms with E-state index in [2.05, 4.69) is 13.2 Å². The van der Waals surface area contributed by atoms with Crippen LogP contribution in [0.1, 0.15) is 64.5 Å². The summed E-state index contributed by atoms with van der Waals surface area (Å²) in [4.78, 5) is 13.3. The highest BCUT2D eigenvalue weighted by Crippen LogP contribution is 2.47. The first-order valence-corrected chi connectivity index (χ1v) is 18.2. The van der Waals surface area contributed by atoms with Gasteiger partial charge >= 0.3 is 6.18 Å². The molecule has 1 atom stereocenters. The predicted molar refractivity (Wildman–Crippen MR) is 208 cm³/mol. The van der Waals surface area contributed by atoms with Gasteiger partial charge in [-0.1, -0.05) is 73.8 Å². The number of hydrogen-bond donors (Lipinski definition) is 0. The fourth-order valence-electron chi connectivity index (χ4n) is 6.43. The maximum atomic E-state index is 14.8. The van der Waals surface area contributed by atoms with Crippen LogP contribution in [0.5, 0.6) is 28.7 Å². The molecule has 0 saturated carbocycles. The Morgan fingerprint density at radius 3 is 1.16 bits per heavy atom. The molecule has 0 fully saturated rings. The van der Waals surface area contributed by atoms with Gasteiger partial charge in [-0.05, 0) is 86.0 Å². The molecular formula is C47H31F11O4. The minimum atomic E-state index is -4.88. The Morgan fingerprint density at radius 2 is 0.790 bits per heavy atom. The molecule has 6 rings (SSSR count). The first-order valence-electron chi connectivity index (χ1n) is 18.2. The van der Waals surface area contributed by atoms with Crippen molar-refractivity contribution in [3.8, 4) is 28.7 Å². The minimum Gasteiger partial charge on any atom is -0.477 e. The Bertz CT molecular complexity index is 2630.